The van der Waals surface area contributed by atoms with Gasteiger partial charge in [0.1, 0.15) is 4.21 Å². The molecule has 5 nitrogen and oxygen atoms in total. The smallest absolute Gasteiger partial charge is 0.247 e. The summed E-state index contributed by atoms with van der Waals surface area (Å²) in [5, 5.41) is 17.7. The minimum absolute atomic E-state index is 0.0996. The molecule has 8 heteroatoms. The van der Waals surface area contributed by atoms with Crippen molar-refractivity contribution >= 4 is 33.1 Å². The molecular weight excluding hydrogens is 292 g/mol. The van der Waals surface area contributed by atoms with Gasteiger partial charge in [0.15, 0.2) is 0 Å². The zero-order chi connectivity index (χ0) is 13.3. The van der Waals surface area contributed by atoms with E-state index >= 15 is 0 Å². The van der Waals surface area contributed by atoms with E-state index in [4.69, 9.17) is 5.14 Å². The fourth-order valence-corrected chi connectivity index (χ4v) is 5.32. The highest BCUT2D eigenvalue weighted by atomic mass is 32.3. The van der Waals surface area contributed by atoms with Crippen molar-refractivity contribution < 1.29 is 13.5 Å². The van der Waals surface area contributed by atoms with Crippen LogP contribution >= 0.6 is 23.1 Å². The summed E-state index contributed by atoms with van der Waals surface area (Å²) in [7, 11) is -3.62. The normalized spacial score (nSPS) is 21.6. The van der Waals surface area contributed by atoms with Crippen molar-refractivity contribution in [3.05, 3.63) is 11.6 Å². The fourth-order valence-electron chi connectivity index (χ4n) is 1.81. The highest BCUT2D eigenvalue weighted by Gasteiger charge is 2.26. The topological polar surface area (TPSA) is 92.4 Å². The van der Waals surface area contributed by atoms with Crippen LogP contribution in [0, 0.1) is 0 Å². The molecule has 18 heavy (non-hydrogen) atoms. The van der Waals surface area contributed by atoms with Gasteiger partial charge in [-0.15, -0.1) is 23.1 Å². The molecule has 0 amide bonds. The molecule has 0 saturated carbocycles. The number of aliphatic hydroxyl groups is 1. The third-order valence-electron chi connectivity index (χ3n) is 2.66. The average Bonchev–Trinajstić information content (AvgIpc) is 2.69. The lowest BCUT2D eigenvalue weighted by atomic mass is 10.1. The molecule has 2 heterocycles. The predicted octanol–water partition coefficient (Wildman–Crippen LogP) is 0.903. The van der Waals surface area contributed by atoms with Gasteiger partial charge in [0.2, 0.25) is 10.0 Å². The van der Waals surface area contributed by atoms with Gasteiger partial charge in [0.25, 0.3) is 0 Å². The molecule has 0 aliphatic carbocycles. The van der Waals surface area contributed by atoms with Crippen LogP contribution in [0.2, 0.25) is 0 Å². The first kappa shape index (κ1) is 14.3. The number of aliphatic hydroxyl groups excluding tert-OH is 1. The SMILES string of the molecule is CC(O)CNC1CCSc2sc(S(N)(=O)=O)cc21. The average molecular weight is 308 g/mol. The zero-order valence-corrected chi connectivity index (χ0v) is 12.4. The number of rotatable bonds is 4. The molecule has 1 aliphatic rings. The van der Waals surface area contributed by atoms with Crippen molar-refractivity contribution in [3.8, 4) is 0 Å². The summed E-state index contributed by atoms with van der Waals surface area (Å²) in [4.78, 5) is 0. The van der Waals surface area contributed by atoms with Gasteiger partial charge in [-0.2, -0.15) is 0 Å². The third-order valence-corrected chi connectivity index (χ3v) is 6.56. The van der Waals surface area contributed by atoms with Crippen LogP contribution in [0.15, 0.2) is 14.5 Å². The maximum atomic E-state index is 11.3. The van der Waals surface area contributed by atoms with Gasteiger partial charge in [0.05, 0.1) is 10.3 Å². The van der Waals surface area contributed by atoms with Gasteiger partial charge in [-0.05, 0) is 25.0 Å². The maximum Gasteiger partial charge on any atom is 0.247 e. The van der Waals surface area contributed by atoms with E-state index in [0.29, 0.717) is 6.54 Å². The quantitative estimate of drug-likeness (QED) is 0.768. The van der Waals surface area contributed by atoms with E-state index in [1.165, 1.54) is 11.3 Å². The van der Waals surface area contributed by atoms with Gasteiger partial charge >= 0.3 is 0 Å². The summed E-state index contributed by atoms with van der Waals surface area (Å²) >= 11 is 2.89. The Bertz CT molecular complexity index is 524. The molecule has 0 aromatic carbocycles. The molecular formula is C10H16N2O3S3. The predicted molar refractivity (Wildman–Crippen MR) is 73.5 cm³/mol. The number of nitrogens with one attached hydrogen (secondary N) is 1. The number of hydrogen-bond donors (Lipinski definition) is 3. The van der Waals surface area contributed by atoms with Crippen molar-refractivity contribution in [2.75, 3.05) is 12.3 Å². The van der Waals surface area contributed by atoms with E-state index in [9.17, 15) is 13.5 Å². The zero-order valence-electron chi connectivity index (χ0n) is 9.92. The molecule has 1 aromatic heterocycles. The highest BCUT2D eigenvalue weighted by Crippen LogP contribution is 2.42. The Morgan fingerprint density at radius 1 is 1.67 bits per heavy atom. The molecule has 1 aliphatic heterocycles. The van der Waals surface area contributed by atoms with Crippen LogP contribution in [0.25, 0.3) is 0 Å². The van der Waals surface area contributed by atoms with Crippen LogP contribution in [-0.4, -0.2) is 31.9 Å². The van der Waals surface area contributed by atoms with Crippen molar-refractivity contribution in [3.63, 3.8) is 0 Å². The fraction of sp³-hybridized carbons (Fsp3) is 0.600. The minimum atomic E-state index is -3.62. The summed E-state index contributed by atoms with van der Waals surface area (Å²) in [6.45, 7) is 2.21. The van der Waals surface area contributed by atoms with E-state index < -0.39 is 16.1 Å². The molecule has 0 saturated heterocycles. The van der Waals surface area contributed by atoms with E-state index in [1.54, 1.807) is 24.8 Å². The number of primary sulfonamides is 1. The van der Waals surface area contributed by atoms with Crippen LogP contribution in [0.5, 0.6) is 0 Å². The minimum Gasteiger partial charge on any atom is -0.392 e. The first-order valence-corrected chi connectivity index (χ1v) is 8.93. The standard InChI is InChI=1S/C10H16N2O3S3/c1-6(13)5-12-8-2-3-16-10-7(8)4-9(17-10)18(11,14)15/h4,6,8,12-13H,2-3,5H2,1H3,(H2,11,14,15). The Kier molecular flexibility index (Phi) is 4.35. The summed E-state index contributed by atoms with van der Waals surface area (Å²) in [6.07, 6.45) is 0.505. The Labute approximate surface area is 115 Å². The Morgan fingerprint density at radius 3 is 3.00 bits per heavy atom. The molecule has 1 aromatic rings. The Hall–Kier alpha value is -0.120. The van der Waals surface area contributed by atoms with E-state index in [2.05, 4.69) is 5.32 Å². The lowest BCUT2D eigenvalue weighted by Gasteiger charge is -2.23. The number of fused-ring (bicyclic) bond motifs is 1. The van der Waals surface area contributed by atoms with Crippen LogP contribution in [0.4, 0.5) is 0 Å². The highest BCUT2D eigenvalue weighted by molar-refractivity contribution is 8.01. The number of hydrogen-bond acceptors (Lipinski definition) is 6. The molecule has 0 radical (unpaired) electrons. The maximum absolute atomic E-state index is 11.3. The second-order valence-electron chi connectivity index (χ2n) is 4.30. The molecule has 2 rings (SSSR count). The number of nitrogens with two attached hydrogens (primary N) is 1. The van der Waals surface area contributed by atoms with Gasteiger partial charge in [-0.1, -0.05) is 0 Å². The van der Waals surface area contributed by atoms with Gasteiger partial charge in [-0.3, -0.25) is 0 Å². The van der Waals surface area contributed by atoms with Crippen LogP contribution in [0.1, 0.15) is 24.9 Å². The summed E-state index contributed by atoms with van der Waals surface area (Å²) < 4.78 is 23.9. The lowest BCUT2D eigenvalue weighted by Crippen LogP contribution is -2.30. The third kappa shape index (κ3) is 3.25. The first-order chi connectivity index (χ1) is 8.38. The van der Waals surface area contributed by atoms with E-state index in [-0.39, 0.29) is 10.3 Å². The molecule has 0 spiro atoms. The molecule has 0 bridgehead atoms. The van der Waals surface area contributed by atoms with E-state index in [0.717, 1.165) is 21.9 Å². The lowest BCUT2D eigenvalue weighted by molar-refractivity contribution is 0.185. The summed E-state index contributed by atoms with van der Waals surface area (Å²) in [5.74, 6) is 0.940. The van der Waals surface area contributed by atoms with E-state index in [1.807, 2.05) is 0 Å². The second kappa shape index (κ2) is 5.48. The first-order valence-electron chi connectivity index (χ1n) is 5.58. The van der Waals surface area contributed by atoms with Crippen LogP contribution in [-0.2, 0) is 10.0 Å². The van der Waals surface area contributed by atoms with Crippen LogP contribution < -0.4 is 10.5 Å². The monoisotopic (exact) mass is 308 g/mol. The van der Waals surface area contributed by atoms with Gasteiger partial charge in [-0.25, -0.2) is 13.6 Å². The summed E-state index contributed by atoms with van der Waals surface area (Å²) in [6, 6.07) is 1.75. The number of sulfonamides is 1. The molecule has 4 N–H and O–H groups in total. The molecule has 2 unspecified atom stereocenters. The molecule has 102 valence electrons. The second-order valence-corrected chi connectivity index (χ2v) is 8.50. The van der Waals surface area contributed by atoms with Crippen LogP contribution in [0.3, 0.4) is 0 Å². The van der Waals surface area contributed by atoms with Gasteiger partial charge in [0, 0.05) is 18.3 Å². The number of thiophene rings is 1. The largest absolute Gasteiger partial charge is 0.392 e. The van der Waals surface area contributed by atoms with Crippen molar-refractivity contribution in [1.29, 1.82) is 0 Å². The molecule has 0 fully saturated rings. The van der Waals surface area contributed by atoms with Crippen molar-refractivity contribution in [1.82, 2.24) is 5.32 Å². The molecule has 2 atom stereocenters. The van der Waals surface area contributed by atoms with Crippen molar-refractivity contribution in [2.45, 2.75) is 33.9 Å². The van der Waals surface area contributed by atoms with Crippen molar-refractivity contribution in [2.24, 2.45) is 5.14 Å². The Morgan fingerprint density at radius 2 is 2.39 bits per heavy atom. The summed E-state index contributed by atoms with van der Waals surface area (Å²) in [5.41, 5.74) is 0.987. The number of thioether (sulfide) groups is 1. The Balaban J connectivity index is 2.23. The van der Waals surface area contributed by atoms with Gasteiger partial charge < -0.3 is 10.4 Å².